The van der Waals surface area contributed by atoms with E-state index in [-0.39, 0.29) is 12.3 Å². The third kappa shape index (κ3) is 2.93. The number of ether oxygens (including phenoxy) is 1. The average Bonchev–Trinajstić information content (AvgIpc) is 2.35. The Labute approximate surface area is 92.7 Å². The van der Waals surface area contributed by atoms with Crippen molar-refractivity contribution in [3.8, 4) is 12.3 Å². The first-order valence-electron chi connectivity index (χ1n) is 4.45. The van der Waals surface area contributed by atoms with Crippen molar-refractivity contribution in [1.82, 2.24) is 9.97 Å². The van der Waals surface area contributed by atoms with E-state index in [2.05, 4.69) is 25.9 Å². The minimum absolute atomic E-state index is 0.106. The van der Waals surface area contributed by atoms with Gasteiger partial charge in [0.05, 0.1) is 26.1 Å². The van der Waals surface area contributed by atoms with E-state index >= 15 is 0 Å². The van der Waals surface area contributed by atoms with E-state index in [1.165, 1.54) is 19.5 Å². The molecule has 16 heavy (non-hydrogen) atoms. The summed E-state index contributed by atoms with van der Waals surface area (Å²) in [6, 6.07) is -0.529. The third-order valence-corrected chi connectivity index (χ3v) is 1.75. The summed E-state index contributed by atoms with van der Waals surface area (Å²) >= 11 is 0. The van der Waals surface area contributed by atoms with E-state index in [4.69, 9.17) is 11.5 Å². The lowest BCUT2D eigenvalue weighted by atomic mass is 10.3. The molecule has 1 unspecified atom stereocenters. The Morgan fingerprint density at radius 1 is 1.69 bits per heavy atom. The summed E-state index contributed by atoms with van der Waals surface area (Å²) < 4.78 is 4.47. The standard InChI is InChI=1S/C10H11N3O3/c1-3-7(6-14)13-9-5-11-8(4-12-9)10(15)16-2/h1,4-5,7,14H,6H2,2H3,(H,12,13). The smallest absolute Gasteiger partial charge is 0.358 e. The third-order valence-electron chi connectivity index (χ3n) is 1.75. The van der Waals surface area contributed by atoms with Crippen LogP contribution in [0.1, 0.15) is 10.5 Å². The Kier molecular flexibility index (Phi) is 4.24. The molecule has 0 aliphatic heterocycles. The fourth-order valence-electron chi connectivity index (χ4n) is 0.931. The zero-order chi connectivity index (χ0) is 12.0. The van der Waals surface area contributed by atoms with Gasteiger partial charge in [-0.3, -0.25) is 0 Å². The average molecular weight is 221 g/mol. The molecule has 0 fully saturated rings. The van der Waals surface area contributed by atoms with Crippen LogP contribution in [0.3, 0.4) is 0 Å². The molecule has 0 saturated heterocycles. The first-order valence-corrected chi connectivity index (χ1v) is 4.45. The van der Waals surface area contributed by atoms with Gasteiger partial charge >= 0.3 is 5.97 Å². The van der Waals surface area contributed by atoms with Crippen molar-refractivity contribution in [2.24, 2.45) is 0 Å². The molecule has 0 bridgehead atoms. The maximum absolute atomic E-state index is 11.0. The van der Waals surface area contributed by atoms with Gasteiger partial charge in [0.2, 0.25) is 0 Å². The molecule has 1 aromatic rings. The van der Waals surface area contributed by atoms with Gasteiger partial charge in [0.25, 0.3) is 0 Å². The highest BCUT2D eigenvalue weighted by Crippen LogP contribution is 2.03. The number of hydrogen-bond acceptors (Lipinski definition) is 6. The molecule has 0 radical (unpaired) electrons. The SMILES string of the molecule is C#CC(CO)Nc1cnc(C(=O)OC)cn1. The fraction of sp³-hybridized carbons (Fsp3) is 0.300. The van der Waals surface area contributed by atoms with Crippen LogP contribution in [0, 0.1) is 12.3 Å². The summed E-state index contributed by atoms with van der Waals surface area (Å²) in [5.41, 5.74) is 0.106. The second kappa shape index (κ2) is 5.68. The van der Waals surface area contributed by atoms with Gasteiger partial charge in [-0.15, -0.1) is 6.42 Å². The topological polar surface area (TPSA) is 84.3 Å². The van der Waals surface area contributed by atoms with Crippen molar-refractivity contribution in [3.63, 3.8) is 0 Å². The second-order valence-corrected chi connectivity index (χ2v) is 2.82. The number of rotatable bonds is 4. The number of carbonyl (C=O) groups excluding carboxylic acids is 1. The van der Waals surface area contributed by atoms with Gasteiger partial charge in [0, 0.05) is 0 Å². The number of nitrogens with zero attached hydrogens (tertiary/aromatic N) is 2. The molecule has 2 N–H and O–H groups in total. The molecule has 6 nitrogen and oxygen atoms in total. The molecule has 6 heteroatoms. The maximum Gasteiger partial charge on any atom is 0.358 e. The highest BCUT2D eigenvalue weighted by Gasteiger charge is 2.08. The highest BCUT2D eigenvalue weighted by atomic mass is 16.5. The summed E-state index contributed by atoms with van der Waals surface area (Å²) in [6.07, 6.45) is 7.74. The van der Waals surface area contributed by atoms with Crippen LogP contribution in [0.5, 0.6) is 0 Å². The van der Waals surface area contributed by atoms with Gasteiger partial charge in [-0.2, -0.15) is 0 Å². The molecule has 1 atom stereocenters. The Morgan fingerprint density at radius 3 is 2.88 bits per heavy atom. The minimum atomic E-state index is -0.560. The van der Waals surface area contributed by atoms with E-state index < -0.39 is 12.0 Å². The van der Waals surface area contributed by atoms with Crippen LogP contribution in [0.25, 0.3) is 0 Å². The van der Waals surface area contributed by atoms with E-state index in [1.54, 1.807) is 0 Å². The summed E-state index contributed by atoms with van der Waals surface area (Å²) in [7, 11) is 1.26. The predicted molar refractivity (Wildman–Crippen MR) is 56.7 cm³/mol. The molecule has 0 spiro atoms. The van der Waals surface area contributed by atoms with Crippen molar-refractivity contribution in [1.29, 1.82) is 0 Å². The molecule has 0 aliphatic rings. The molecule has 1 heterocycles. The Hall–Kier alpha value is -2.13. The number of aliphatic hydroxyl groups is 1. The number of anilines is 1. The van der Waals surface area contributed by atoms with Crippen LogP contribution in [0.2, 0.25) is 0 Å². The van der Waals surface area contributed by atoms with Crippen LogP contribution in [-0.2, 0) is 4.74 Å². The maximum atomic E-state index is 11.0. The van der Waals surface area contributed by atoms with E-state index in [0.717, 1.165) is 0 Å². The number of methoxy groups -OCH3 is 1. The molecule has 0 saturated carbocycles. The van der Waals surface area contributed by atoms with Gasteiger partial charge < -0.3 is 15.2 Å². The van der Waals surface area contributed by atoms with Crippen LogP contribution < -0.4 is 5.32 Å². The van der Waals surface area contributed by atoms with Crippen LogP contribution in [-0.4, -0.2) is 40.8 Å². The van der Waals surface area contributed by atoms with Crippen LogP contribution in [0.4, 0.5) is 5.82 Å². The summed E-state index contributed by atoms with van der Waals surface area (Å²) in [5, 5.41) is 11.6. The minimum Gasteiger partial charge on any atom is -0.464 e. The monoisotopic (exact) mass is 221 g/mol. The Balaban J connectivity index is 2.72. The fourth-order valence-corrected chi connectivity index (χ4v) is 0.931. The van der Waals surface area contributed by atoms with Crippen molar-refractivity contribution in [2.75, 3.05) is 19.0 Å². The van der Waals surface area contributed by atoms with Gasteiger partial charge in [-0.1, -0.05) is 5.92 Å². The first-order chi connectivity index (χ1) is 7.71. The molecule has 0 aromatic carbocycles. The van der Waals surface area contributed by atoms with Crippen LogP contribution >= 0.6 is 0 Å². The summed E-state index contributed by atoms with van der Waals surface area (Å²) in [4.78, 5) is 18.8. The Bertz CT molecular complexity index is 397. The lowest BCUT2D eigenvalue weighted by Crippen LogP contribution is -2.22. The molecule has 0 amide bonds. The summed E-state index contributed by atoms with van der Waals surface area (Å²) in [5.74, 6) is 2.15. The Morgan fingerprint density at radius 2 is 2.44 bits per heavy atom. The number of aromatic nitrogens is 2. The molecular weight excluding hydrogens is 210 g/mol. The second-order valence-electron chi connectivity index (χ2n) is 2.82. The molecule has 0 aliphatic carbocycles. The van der Waals surface area contributed by atoms with E-state index in [1.807, 2.05) is 0 Å². The first kappa shape index (κ1) is 11.9. The van der Waals surface area contributed by atoms with Crippen molar-refractivity contribution in [3.05, 3.63) is 18.1 Å². The largest absolute Gasteiger partial charge is 0.464 e. The molecule has 1 rings (SSSR count). The summed E-state index contributed by atoms with van der Waals surface area (Å²) in [6.45, 7) is -0.211. The molecule has 1 aromatic heterocycles. The van der Waals surface area contributed by atoms with Crippen molar-refractivity contribution in [2.45, 2.75) is 6.04 Å². The lowest BCUT2D eigenvalue weighted by Gasteiger charge is -2.09. The number of carbonyl (C=O) groups is 1. The van der Waals surface area contributed by atoms with Crippen molar-refractivity contribution < 1.29 is 14.6 Å². The van der Waals surface area contributed by atoms with Gasteiger partial charge in [-0.25, -0.2) is 14.8 Å². The number of terminal acetylenes is 1. The molecule has 84 valence electrons. The number of hydrogen-bond donors (Lipinski definition) is 2. The van der Waals surface area contributed by atoms with Crippen molar-refractivity contribution >= 4 is 11.8 Å². The zero-order valence-corrected chi connectivity index (χ0v) is 8.67. The zero-order valence-electron chi connectivity index (χ0n) is 8.67. The number of nitrogens with one attached hydrogen (secondary N) is 1. The molecular formula is C10H11N3O3. The van der Waals surface area contributed by atoms with Crippen LogP contribution in [0.15, 0.2) is 12.4 Å². The quantitative estimate of drug-likeness (QED) is 0.535. The highest BCUT2D eigenvalue weighted by molar-refractivity contribution is 5.86. The van der Waals surface area contributed by atoms with E-state index in [9.17, 15) is 4.79 Å². The van der Waals surface area contributed by atoms with Gasteiger partial charge in [-0.05, 0) is 0 Å². The normalized spacial score (nSPS) is 11.3. The van der Waals surface area contributed by atoms with Gasteiger partial charge in [0.15, 0.2) is 5.69 Å². The predicted octanol–water partition coefficient (Wildman–Crippen LogP) is -0.331. The number of aliphatic hydroxyl groups excluding tert-OH is 1. The van der Waals surface area contributed by atoms with Gasteiger partial charge in [0.1, 0.15) is 11.9 Å². The number of esters is 1. The van der Waals surface area contributed by atoms with E-state index in [0.29, 0.717) is 5.82 Å². The lowest BCUT2D eigenvalue weighted by molar-refractivity contribution is 0.0593.